The molecule has 0 radical (unpaired) electrons. The van der Waals surface area contributed by atoms with E-state index in [0.717, 1.165) is 31.8 Å². The van der Waals surface area contributed by atoms with Gasteiger partial charge in [0.05, 0.1) is 6.54 Å². The summed E-state index contributed by atoms with van der Waals surface area (Å²) < 4.78 is 0. The standard InChI is InChI=1S/C14H24N6O/c1-10(2)12-16-13(18-14(17-12)19(3)4)15-9-11(21)20-7-5-6-8-20/h10H,5-9H2,1-4H3,(H,15,16,17,18). The van der Waals surface area contributed by atoms with Crippen LogP contribution in [0.3, 0.4) is 0 Å². The van der Waals surface area contributed by atoms with Crippen LogP contribution in [0.4, 0.5) is 11.9 Å². The molecular formula is C14H24N6O. The Morgan fingerprint density at radius 2 is 1.90 bits per heavy atom. The van der Waals surface area contributed by atoms with Gasteiger partial charge in [-0.3, -0.25) is 4.79 Å². The van der Waals surface area contributed by atoms with Crippen LogP contribution >= 0.6 is 0 Å². The number of aromatic nitrogens is 3. The minimum absolute atomic E-state index is 0.102. The Bertz CT molecular complexity index is 470. The molecule has 1 fully saturated rings. The lowest BCUT2D eigenvalue weighted by Crippen LogP contribution is -2.33. The SMILES string of the molecule is CC(C)c1nc(NCC(=O)N2CCCC2)nc(N(C)C)n1. The van der Waals surface area contributed by atoms with E-state index in [1.807, 2.05) is 37.7 Å². The lowest BCUT2D eigenvalue weighted by atomic mass is 10.2. The van der Waals surface area contributed by atoms with Crippen molar-refractivity contribution in [2.45, 2.75) is 32.6 Å². The molecule has 21 heavy (non-hydrogen) atoms. The predicted octanol–water partition coefficient (Wildman–Crippen LogP) is 1.10. The lowest BCUT2D eigenvalue weighted by molar-refractivity contribution is -0.128. The molecule has 0 saturated carbocycles. The summed E-state index contributed by atoms with van der Waals surface area (Å²) in [6, 6.07) is 0. The first-order valence-corrected chi connectivity index (χ1v) is 7.42. The summed E-state index contributed by atoms with van der Waals surface area (Å²) in [7, 11) is 3.78. The second-order valence-electron chi connectivity index (χ2n) is 5.81. The van der Waals surface area contributed by atoms with Crippen LogP contribution < -0.4 is 10.2 Å². The first-order valence-electron chi connectivity index (χ1n) is 7.42. The van der Waals surface area contributed by atoms with E-state index in [4.69, 9.17) is 0 Å². The number of amides is 1. The zero-order valence-electron chi connectivity index (χ0n) is 13.3. The number of nitrogens with zero attached hydrogens (tertiary/aromatic N) is 5. The van der Waals surface area contributed by atoms with Gasteiger partial charge in [-0.05, 0) is 12.8 Å². The van der Waals surface area contributed by atoms with E-state index < -0.39 is 0 Å². The first-order chi connectivity index (χ1) is 9.97. The fraction of sp³-hybridized carbons (Fsp3) is 0.714. The average Bonchev–Trinajstić information content (AvgIpc) is 2.98. The summed E-state index contributed by atoms with van der Waals surface area (Å²) in [6.45, 7) is 6.02. The topological polar surface area (TPSA) is 74.2 Å². The van der Waals surface area contributed by atoms with Crippen LogP contribution in [0.1, 0.15) is 38.4 Å². The highest BCUT2D eigenvalue weighted by molar-refractivity contribution is 5.80. The molecule has 0 aromatic carbocycles. The second kappa shape index (κ2) is 6.69. The molecule has 1 saturated heterocycles. The van der Waals surface area contributed by atoms with Crippen LogP contribution in [-0.2, 0) is 4.79 Å². The van der Waals surface area contributed by atoms with Crippen LogP contribution in [0.25, 0.3) is 0 Å². The molecule has 0 bridgehead atoms. The quantitative estimate of drug-likeness (QED) is 0.876. The molecule has 0 unspecified atom stereocenters. The van der Waals surface area contributed by atoms with Crippen molar-refractivity contribution >= 4 is 17.8 Å². The summed E-state index contributed by atoms with van der Waals surface area (Å²) in [5, 5.41) is 3.03. The molecule has 0 aliphatic carbocycles. The number of hydrogen-bond acceptors (Lipinski definition) is 6. The fourth-order valence-corrected chi connectivity index (χ4v) is 2.15. The largest absolute Gasteiger partial charge is 0.347 e. The van der Waals surface area contributed by atoms with Gasteiger partial charge in [-0.25, -0.2) is 0 Å². The van der Waals surface area contributed by atoms with E-state index in [-0.39, 0.29) is 18.4 Å². The molecule has 7 nitrogen and oxygen atoms in total. The molecule has 2 heterocycles. The third kappa shape index (κ3) is 4.03. The Balaban J connectivity index is 2.06. The molecule has 1 aliphatic rings. The van der Waals surface area contributed by atoms with Crippen LogP contribution in [0.5, 0.6) is 0 Å². The summed E-state index contributed by atoms with van der Waals surface area (Å²) >= 11 is 0. The molecule has 7 heteroatoms. The summed E-state index contributed by atoms with van der Waals surface area (Å²) in [5.41, 5.74) is 0. The van der Waals surface area contributed by atoms with Crippen molar-refractivity contribution in [2.75, 3.05) is 43.9 Å². The molecule has 1 aromatic heterocycles. The van der Waals surface area contributed by atoms with E-state index in [2.05, 4.69) is 20.3 Å². The molecule has 1 amide bonds. The van der Waals surface area contributed by atoms with Gasteiger partial charge < -0.3 is 15.1 Å². The van der Waals surface area contributed by atoms with Gasteiger partial charge in [-0.15, -0.1) is 0 Å². The van der Waals surface area contributed by atoms with E-state index in [1.165, 1.54) is 0 Å². The van der Waals surface area contributed by atoms with Crippen molar-refractivity contribution in [3.05, 3.63) is 5.82 Å². The fourth-order valence-electron chi connectivity index (χ4n) is 2.15. The smallest absolute Gasteiger partial charge is 0.241 e. The minimum atomic E-state index is 0.102. The van der Waals surface area contributed by atoms with Gasteiger partial charge in [0.25, 0.3) is 0 Å². The lowest BCUT2D eigenvalue weighted by Gasteiger charge is -2.17. The van der Waals surface area contributed by atoms with Crippen molar-refractivity contribution in [3.63, 3.8) is 0 Å². The first kappa shape index (κ1) is 15.5. The van der Waals surface area contributed by atoms with Gasteiger partial charge in [-0.1, -0.05) is 13.8 Å². The molecule has 2 rings (SSSR count). The number of hydrogen-bond donors (Lipinski definition) is 1. The van der Waals surface area contributed by atoms with Crippen molar-refractivity contribution in [2.24, 2.45) is 0 Å². The minimum Gasteiger partial charge on any atom is -0.347 e. The van der Waals surface area contributed by atoms with E-state index in [1.54, 1.807) is 0 Å². The van der Waals surface area contributed by atoms with Gasteiger partial charge in [0, 0.05) is 33.1 Å². The molecule has 1 aromatic rings. The Hall–Kier alpha value is -1.92. The van der Waals surface area contributed by atoms with Gasteiger partial charge in [0.2, 0.25) is 17.8 Å². The molecule has 116 valence electrons. The van der Waals surface area contributed by atoms with Gasteiger partial charge in [0.15, 0.2) is 0 Å². The number of rotatable bonds is 5. The Morgan fingerprint density at radius 3 is 2.48 bits per heavy atom. The maximum atomic E-state index is 12.0. The average molecular weight is 292 g/mol. The predicted molar refractivity (Wildman–Crippen MR) is 82.5 cm³/mol. The monoisotopic (exact) mass is 292 g/mol. The number of carbonyl (C=O) groups excluding carboxylic acids is 1. The van der Waals surface area contributed by atoms with Crippen molar-refractivity contribution < 1.29 is 4.79 Å². The van der Waals surface area contributed by atoms with Crippen molar-refractivity contribution in [3.8, 4) is 0 Å². The third-order valence-electron chi connectivity index (χ3n) is 3.41. The number of likely N-dealkylation sites (tertiary alicyclic amines) is 1. The zero-order valence-corrected chi connectivity index (χ0v) is 13.3. The van der Waals surface area contributed by atoms with Gasteiger partial charge in [0.1, 0.15) is 5.82 Å². The maximum Gasteiger partial charge on any atom is 0.241 e. The van der Waals surface area contributed by atoms with E-state index >= 15 is 0 Å². The number of anilines is 2. The van der Waals surface area contributed by atoms with Crippen molar-refractivity contribution in [1.29, 1.82) is 0 Å². The number of nitrogens with one attached hydrogen (secondary N) is 1. The Morgan fingerprint density at radius 1 is 1.24 bits per heavy atom. The highest BCUT2D eigenvalue weighted by Gasteiger charge is 2.18. The van der Waals surface area contributed by atoms with Gasteiger partial charge >= 0.3 is 0 Å². The van der Waals surface area contributed by atoms with Crippen molar-refractivity contribution in [1.82, 2.24) is 19.9 Å². The summed E-state index contributed by atoms with van der Waals surface area (Å²) in [6.07, 6.45) is 2.19. The highest BCUT2D eigenvalue weighted by Crippen LogP contribution is 2.15. The number of carbonyl (C=O) groups is 1. The molecule has 1 N–H and O–H groups in total. The maximum absolute atomic E-state index is 12.0. The third-order valence-corrected chi connectivity index (χ3v) is 3.41. The normalized spacial score (nSPS) is 14.6. The molecular weight excluding hydrogens is 268 g/mol. The van der Waals surface area contributed by atoms with Crippen LogP contribution in [-0.4, -0.2) is 59.5 Å². The molecule has 0 atom stereocenters. The Labute approximate surface area is 125 Å². The molecule has 0 spiro atoms. The van der Waals surface area contributed by atoms with E-state index in [0.29, 0.717) is 11.9 Å². The highest BCUT2D eigenvalue weighted by atomic mass is 16.2. The van der Waals surface area contributed by atoms with Crippen LogP contribution in [0.15, 0.2) is 0 Å². The van der Waals surface area contributed by atoms with Crippen LogP contribution in [0.2, 0.25) is 0 Å². The second-order valence-corrected chi connectivity index (χ2v) is 5.81. The van der Waals surface area contributed by atoms with E-state index in [9.17, 15) is 4.79 Å². The summed E-state index contributed by atoms with van der Waals surface area (Å²) in [5.74, 6) is 2.10. The zero-order chi connectivity index (χ0) is 15.4. The summed E-state index contributed by atoms with van der Waals surface area (Å²) in [4.78, 5) is 28.9. The van der Waals surface area contributed by atoms with Gasteiger partial charge in [-0.2, -0.15) is 15.0 Å². The Kier molecular flexibility index (Phi) is 4.93. The van der Waals surface area contributed by atoms with Crippen LogP contribution in [0, 0.1) is 0 Å². The molecule has 1 aliphatic heterocycles.